The molecular weight excluding hydrogens is 144 g/mol. The predicted molar refractivity (Wildman–Crippen MR) is 52.8 cm³/mol. The van der Waals surface area contributed by atoms with Gasteiger partial charge in [0.2, 0.25) is 0 Å². The zero-order chi connectivity index (χ0) is 8.23. The summed E-state index contributed by atoms with van der Waals surface area (Å²) in [6, 6.07) is 0. The van der Waals surface area contributed by atoms with Gasteiger partial charge in [-0.2, -0.15) is 0 Å². The van der Waals surface area contributed by atoms with Crippen LogP contribution in [0, 0.1) is 18.3 Å². The van der Waals surface area contributed by atoms with E-state index >= 15 is 0 Å². The third-order valence-corrected chi connectivity index (χ3v) is 3.72. The summed E-state index contributed by atoms with van der Waals surface area (Å²) in [7, 11) is 0. The SMILES string of the molecule is [CH]1CCCCC1C1CCCCC1. The fraction of sp³-hybridized carbons (Fsp3) is 0.917. The predicted octanol–water partition coefficient (Wildman–Crippen LogP) is 3.96. The van der Waals surface area contributed by atoms with Crippen molar-refractivity contribution < 1.29 is 0 Å². The highest BCUT2D eigenvalue weighted by Crippen LogP contribution is 2.37. The summed E-state index contributed by atoms with van der Waals surface area (Å²) >= 11 is 0. The zero-order valence-electron chi connectivity index (χ0n) is 8.10. The van der Waals surface area contributed by atoms with E-state index in [0.29, 0.717) is 0 Å². The lowest BCUT2D eigenvalue weighted by atomic mass is 9.73. The lowest BCUT2D eigenvalue weighted by Gasteiger charge is -2.32. The van der Waals surface area contributed by atoms with Crippen molar-refractivity contribution in [1.29, 1.82) is 0 Å². The maximum absolute atomic E-state index is 2.62. The van der Waals surface area contributed by atoms with Crippen molar-refractivity contribution in [3.8, 4) is 0 Å². The first-order chi connectivity index (χ1) is 5.97. The average molecular weight is 165 g/mol. The van der Waals surface area contributed by atoms with Crippen LogP contribution in [0.5, 0.6) is 0 Å². The van der Waals surface area contributed by atoms with E-state index in [4.69, 9.17) is 0 Å². The Kier molecular flexibility index (Phi) is 3.08. The standard InChI is InChI=1S/C12H21/c1-3-7-11(8-4-1)12-9-5-2-6-10-12/h7,11-12H,1-6,8-10H2. The van der Waals surface area contributed by atoms with Crippen LogP contribution in [0.25, 0.3) is 0 Å². The molecule has 0 nitrogen and oxygen atoms in total. The quantitative estimate of drug-likeness (QED) is 0.551. The van der Waals surface area contributed by atoms with Crippen molar-refractivity contribution in [2.75, 3.05) is 0 Å². The van der Waals surface area contributed by atoms with Crippen LogP contribution in [0.3, 0.4) is 0 Å². The van der Waals surface area contributed by atoms with Crippen molar-refractivity contribution in [2.24, 2.45) is 11.8 Å². The van der Waals surface area contributed by atoms with E-state index in [9.17, 15) is 0 Å². The molecule has 0 heteroatoms. The Morgan fingerprint density at radius 1 is 0.750 bits per heavy atom. The smallest absolute Gasteiger partial charge is 0.0352 e. The molecule has 0 aromatic heterocycles. The molecular formula is C12H21. The number of hydrogen-bond donors (Lipinski definition) is 0. The average Bonchev–Trinajstić information content (AvgIpc) is 2.21. The summed E-state index contributed by atoms with van der Waals surface area (Å²) in [5.41, 5.74) is 0. The van der Waals surface area contributed by atoms with Gasteiger partial charge in [-0.05, 0) is 31.1 Å². The molecule has 0 aliphatic heterocycles. The van der Waals surface area contributed by atoms with Crippen LogP contribution < -0.4 is 0 Å². The normalized spacial score (nSPS) is 29.0. The third-order valence-electron chi connectivity index (χ3n) is 3.72. The second-order valence-electron chi connectivity index (χ2n) is 4.58. The van der Waals surface area contributed by atoms with E-state index in [2.05, 4.69) is 6.42 Å². The fourth-order valence-corrected chi connectivity index (χ4v) is 2.96. The first kappa shape index (κ1) is 8.59. The second-order valence-corrected chi connectivity index (χ2v) is 4.58. The molecule has 1 radical (unpaired) electrons. The molecule has 0 aromatic rings. The van der Waals surface area contributed by atoms with E-state index in [0.717, 1.165) is 11.8 Å². The van der Waals surface area contributed by atoms with Gasteiger partial charge in [-0.3, -0.25) is 0 Å². The van der Waals surface area contributed by atoms with Gasteiger partial charge in [0, 0.05) is 0 Å². The molecule has 0 amide bonds. The number of rotatable bonds is 1. The fourth-order valence-electron chi connectivity index (χ4n) is 2.96. The van der Waals surface area contributed by atoms with Crippen molar-refractivity contribution in [3.05, 3.63) is 6.42 Å². The highest BCUT2D eigenvalue weighted by atomic mass is 14.3. The molecule has 1 atom stereocenters. The molecule has 12 heavy (non-hydrogen) atoms. The first-order valence-corrected chi connectivity index (χ1v) is 5.80. The van der Waals surface area contributed by atoms with E-state index in [-0.39, 0.29) is 0 Å². The van der Waals surface area contributed by atoms with Crippen molar-refractivity contribution in [2.45, 2.75) is 57.8 Å². The lowest BCUT2D eigenvalue weighted by Crippen LogP contribution is -2.20. The summed E-state index contributed by atoms with van der Waals surface area (Å²) in [6.45, 7) is 0. The molecule has 2 fully saturated rings. The Balaban J connectivity index is 1.80. The maximum atomic E-state index is 2.62. The summed E-state index contributed by atoms with van der Waals surface area (Å²) in [6.07, 6.45) is 16.1. The molecule has 0 saturated heterocycles. The van der Waals surface area contributed by atoms with Gasteiger partial charge < -0.3 is 0 Å². The Labute approximate surface area is 76.7 Å². The topological polar surface area (TPSA) is 0 Å². The van der Waals surface area contributed by atoms with Gasteiger partial charge in [0.15, 0.2) is 0 Å². The van der Waals surface area contributed by atoms with Gasteiger partial charge in [-0.15, -0.1) is 0 Å². The molecule has 0 spiro atoms. The molecule has 1 unspecified atom stereocenters. The highest BCUT2D eigenvalue weighted by Gasteiger charge is 2.24. The minimum Gasteiger partial charge on any atom is -0.0533 e. The third kappa shape index (κ3) is 2.02. The second kappa shape index (κ2) is 4.30. The molecule has 0 N–H and O–H groups in total. The summed E-state index contributed by atoms with van der Waals surface area (Å²) in [4.78, 5) is 0. The van der Waals surface area contributed by atoms with Crippen molar-refractivity contribution in [1.82, 2.24) is 0 Å². The summed E-state index contributed by atoms with van der Waals surface area (Å²) < 4.78 is 0. The molecule has 0 heterocycles. The molecule has 69 valence electrons. The van der Waals surface area contributed by atoms with Crippen LogP contribution in [0.2, 0.25) is 0 Å². The van der Waals surface area contributed by atoms with Crippen LogP contribution >= 0.6 is 0 Å². The van der Waals surface area contributed by atoms with Crippen LogP contribution in [-0.2, 0) is 0 Å². The maximum Gasteiger partial charge on any atom is -0.0352 e. The molecule has 0 bridgehead atoms. The van der Waals surface area contributed by atoms with Gasteiger partial charge in [0.05, 0.1) is 0 Å². The Morgan fingerprint density at radius 3 is 2.17 bits per heavy atom. The van der Waals surface area contributed by atoms with Crippen molar-refractivity contribution >= 4 is 0 Å². The zero-order valence-corrected chi connectivity index (χ0v) is 8.10. The Morgan fingerprint density at radius 2 is 1.50 bits per heavy atom. The van der Waals surface area contributed by atoms with E-state index in [1.807, 2.05) is 0 Å². The number of hydrogen-bond acceptors (Lipinski definition) is 0. The van der Waals surface area contributed by atoms with Crippen LogP contribution in [0.1, 0.15) is 57.8 Å². The molecule has 2 aliphatic rings. The van der Waals surface area contributed by atoms with Crippen LogP contribution in [0.4, 0.5) is 0 Å². The Hall–Kier alpha value is 0. The molecule has 2 aliphatic carbocycles. The van der Waals surface area contributed by atoms with Crippen LogP contribution in [0.15, 0.2) is 0 Å². The first-order valence-electron chi connectivity index (χ1n) is 5.80. The van der Waals surface area contributed by atoms with E-state index in [1.54, 1.807) is 0 Å². The Bertz CT molecular complexity index is 100. The van der Waals surface area contributed by atoms with Gasteiger partial charge >= 0.3 is 0 Å². The monoisotopic (exact) mass is 165 g/mol. The molecule has 0 aromatic carbocycles. The van der Waals surface area contributed by atoms with Gasteiger partial charge in [0.25, 0.3) is 0 Å². The minimum atomic E-state index is 1.01. The van der Waals surface area contributed by atoms with E-state index < -0.39 is 0 Å². The highest BCUT2D eigenvalue weighted by molar-refractivity contribution is 4.87. The van der Waals surface area contributed by atoms with Crippen molar-refractivity contribution in [3.63, 3.8) is 0 Å². The molecule has 2 saturated carbocycles. The van der Waals surface area contributed by atoms with Crippen LogP contribution in [-0.4, -0.2) is 0 Å². The van der Waals surface area contributed by atoms with Gasteiger partial charge in [0.1, 0.15) is 0 Å². The van der Waals surface area contributed by atoms with Gasteiger partial charge in [-0.1, -0.05) is 44.9 Å². The largest absolute Gasteiger partial charge is 0.0533 e. The lowest BCUT2D eigenvalue weighted by molar-refractivity contribution is 0.239. The molecule has 2 rings (SSSR count). The summed E-state index contributed by atoms with van der Waals surface area (Å²) in [5.74, 6) is 2.10. The summed E-state index contributed by atoms with van der Waals surface area (Å²) in [5, 5.41) is 0. The van der Waals surface area contributed by atoms with E-state index in [1.165, 1.54) is 57.8 Å². The van der Waals surface area contributed by atoms with Gasteiger partial charge in [-0.25, -0.2) is 0 Å². The minimum absolute atomic E-state index is 1.01.